The van der Waals surface area contributed by atoms with Crippen LogP contribution in [0.2, 0.25) is 0 Å². The summed E-state index contributed by atoms with van der Waals surface area (Å²) in [5.41, 5.74) is 0.303. The third-order valence-corrected chi connectivity index (χ3v) is 5.58. The molecule has 1 aliphatic carbocycles. The van der Waals surface area contributed by atoms with E-state index in [1.165, 1.54) is 25.7 Å². The van der Waals surface area contributed by atoms with E-state index in [0.717, 1.165) is 18.4 Å². The summed E-state index contributed by atoms with van der Waals surface area (Å²) in [5, 5.41) is 3.73. The summed E-state index contributed by atoms with van der Waals surface area (Å²) >= 11 is 0. The SMILES string of the molecule is CCNC1CCC(C(C)C)CC1N(C)C(C)(C)CC. The summed E-state index contributed by atoms with van der Waals surface area (Å²) in [7, 11) is 2.33. The lowest BCUT2D eigenvalue weighted by Gasteiger charge is -2.48. The fraction of sp³-hybridized carbons (Fsp3) is 1.00. The van der Waals surface area contributed by atoms with Crippen LogP contribution in [0.1, 0.15) is 67.2 Å². The second-order valence-electron chi connectivity index (χ2n) is 7.33. The van der Waals surface area contributed by atoms with E-state index < -0.39 is 0 Å². The second kappa shape index (κ2) is 7.08. The first-order valence-electron chi connectivity index (χ1n) is 8.29. The summed E-state index contributed by atoms with van der Waals surface area (Å²) in [6, 6.07) is 1.37. The molecule has 2 nitrogen and oxygen atoms in total. The van der Waals surface area contributed by atoms with Gasteiger partial charge in [0.05, 0.1) is 0 Å². The highest BCUT2D eigenvalue weighted by atomic mass is 15.2. The fourth-order valence-electron chi connectivity index (χ4n) is 3.41. The minimum Gasteiger partial charge on any atom is -0.313 e. The van der Waals surface area contributed by atoms with E-state index in [2.05, 4.69) is 58.8 Å². The molecule has 0 aromatic rings. The first kappa shape index (κ1) is 17.0. The summed E-state index contributed by atoms with van der Waals surface area (Å²) in [6.45, 7) is 15.2. The largest absolute Gasteiger partial charge is 0.313 e. The van der Waals surface area contributed by atoms with Gasteiger partial charge in [-0.05, 0) is 65.0 Å². The van der Waals surface area contributed by atoms with E-state index >= 15 is 0 Å². The predicted molar refractivity (Wildman–Crippen MR) is 85.6 cm³/mol. The molecule has 19 heavy (non-hydrogen) atoms. The maximum atomic E-state index is 3.73. The molecular formula is C17H36N2. The number of rotatable bonds is 6. The molecule has 2 heteroatoms. The number of likely N-dealkylation sites (N-methyl/N-ethyl adjacent to an activating group) is 2. The molecule has 1 N–H and O–H groups in total. The van der Waals surface area contributed by atoms with Crippen LogP contribution in [0.5, 0.6) is 0 Å². The molecule has 3 atom stereocenters. The van der Waals surface area contributed by atoms with Crippen molar-refractivity contribution in [3.05, 3.63) is 0 Å². The molecule has 0 aromatic heterocycles. The normalized spacial score (nSPS) is 29.2. The van der Waals surface area contributed by atoms with Crippen LogP contribution in [0.25, 0.3) is 0 Å². The molecular weight excluding hydrogens is 232 g/mol. The Balaban J connectivity index is 2.82. The lowest BCUT2D eigenvalue weighted by molar-refractivity contribution is 0.0315. The van der Waals surface area contributed by atoms with E-state index in [0.29, 0.717) is 17.6 Å². The highest BCUT2D eigenvalue weighted by Gasteiger charge is 2.37. The van der Waals surface area contributed by atoms with E-state index in [-0.39, 0.29) is 0 Å². The quantitative estimate of drug-likeness (QED) is 0.786. The first-order valence-corrected chi connectivity index (χ1v) is 8.29. The zero-order valence-electron chi connectivity index (χ0n) is 14.3. The average molecular weight is 268 g/mol. The van der Waals surface area contributed by atoms with Gasteiger partial charge in [-0.2, -0.15) is 0 Å². The van der Waals surface area contributed by atoms with Crippen molar-refractivity contribution in [3.63, 3.8) is 0 Å². The Bertz CT molecular complexity index is 260. The zero-order chi connectivity index (χ0) is 14.6. The van der Waals surface area contributed by atoms with E-state index in [9.17, 15) is 0 Å². The van der Waals surface area contributed by atoms with Gasteiger partial charge in [0.15, 0.2) is 0 Å². The van der Waals surface area contributed by atoms with Gasteiger partial charge < -0.3 is 5.32 Å². The maximum absolute atomic E-state index is 3.73. The van der Waals surface area contributed by atoms with Gasteiger partial charge >= 0.3 is 0 Å². The molecule has 0 aliphatic heterocycles. The van der Waals surface area contributed by atoms with Gasteiger partial charge in [-0.3, -0.25) is 4.90 Å². The Kier molecular flexibility index (Phi) is 6.32. The lowest BCUT2D eigenvalue weighted by Crippen LogP contribution is -2.58. The Hall–Kier alpha value is -0.0800. The molecule has 0 heterocycles. The Morgan fingerprint density at radius 3 is 2.32 bits per heavy atom. The Morgan fingerprint density at radius 2 is 1.84 bits per heavy atom. The summed E-state index contributed by atoms with van der Waals surface area (Å²) in [4.78, 5) is 2.65. The van der Waals surface area contributed by atoms with Gasteiger partial charge in [0.1, 0.15) is 0 Å². The third-order valence-electron chi connectivity index (χ3n) is 5.58. The molecule has 0 bridgehead atoms. The highest BCUT2D eigenvalue weighted by Crippen LogP contribution is 2.35. The standard InChI is InChI=1S/C17H36N2/c1-8-17(5,6)19(7)16-12-14(13(3)4)10-11-15(16)18-9-2/h13-16,18H,8-12H2,1-7H3. The summed E-state index contributed by atoms with van der Waals surface area (Å²) < 4.78 is 0. The van der Waals surface area contributed by atoms with Crippen molar-refractivity contribution in [3.8, 4) is 0 Å². The van der Waals surface area contributed by atoms with Gasteiger partial charge in [0.2, 0.25) is 0 Å². The van der Waals surface area contributed by atoms with Crippen molar-refractivity contribution in [2.24, 2.45) is 11.8 Å². The van der Waals surface area contributed by atoms with Crippen LogP contribution >= 0.6 is 0 Å². The van der Waals surface area contributed by atoms with E-state index in [1.54, 1.807) is 0 Å². The van der Waals surface area contributed by atoms with Gasteiger partial charge in [-0.1, -0.05) is 27.7 Å². The van der Waals surface area contributed by atoms with E-state index in [4.69, 9.17) is 0 Å². The number of nitrogens with zero attached hydrogens (tertiary/aromatic N) is 1. The van der Waals surface area contributed by atoms with Crippen LogP contribution in [0.15, 0.2) is 0 Å². The molecule has 0 spiro atoms. The molecule has 1 aliphatic rings. The minimum absolute atomic E-state index is 0.303. The van der Waals surface area contributed by atoms with Crippen molar-refractivity contribution in [2.75, 3.05) is 13.6 Å². The first-order chi connectivity index (χ1) is 8.83. The minimum atomic E-state index is 0.303. The van der Waals surface area contributed by atoms with Gasteiger partial charge in [-0.15, -0.1) is 0 Å². The van der Waals surface area contributed by atoms with Crippen molar-refractivity contribution in [1.82, 2.24) is 10.2 Å². The van der Waals surface area contributed by atoms with Crippen LogP contribution in [-0.4, -0.2) is 36.1 Å². The van der Waals surface area contributed by atoms with E-state index in [1.807, 2.05) is 0 Å². The average Bonchev–Trinajstić information content (AvgIpc) is 2.38. The Labute approximate surface area is 121 Å². The molecule has 1 saturated carbocycles. The van der Waals surface area contributed by atoms with Gasteiger partial charge in [-0.25, -0.2) is 0 Å². The monoisotopic (exact) mass is 268 g/mol. The van der Waals surface area contributed by atoms with Gasteiger partial charge in [0, 0.05) is 17.6 Å². The van der Waals surface area contributed by atoms with Crippen molar-refractivity contribution >= 4 is 0 Å². The molecule has 0 radical (unpaired) electrons. The molecule has 114 valence electrons. The smallest absolute Gasteiger partial charge is 0.0254 e. The highest BCUT2D eigenvalue weighted by molar-refractivity contribution is 4.95. The maximum Gasteiger partial charge on any atom is 0.0254 e. The Morgan fingerprint density at radius 1 is 1.21 bits per heavy atom. The summed E-state index contributed by atoms with van der Waals surface area (Å²) in [5.74, 6) is 1.72. The molecule has 0 saturated heterocycles. The molecule has 1 fully saturated rings. The zero-order valence-corrected chi connectivity index (χ0v) is 14.3. The number of hydrogen-bond acceptors (Lipinski definition) is 2. The van der Waals surface area contributed by atoms with Crippen molar-refractivity contribution in [1.29, 1.82) is 0 Å². The third kappa shape index (κ3) is 4.19. The van der Waals surface area contributed by atoms with Crippen molar-refractivity contribution in [2.45, 2.75) is 84.8 Å². The number of nitrogens with one attached hydrogen (secondary N) is 1. The lowest BCUT2D eigenvalue weighted by atomic mass is 9.75. The second-order valence-corrected chi connectivity index (χ2v) is 7.33. The molecule has 3 unspecified atom stereocenters. The van der Waals surface area contributed by atoms with Crippen LogP contribution in [0.4, 0.5) is 0 Å². The predicted octanol–water partition coefficient (Wildman–Crippen LogP) is 3.91. The van der Waals surface area contributed by atoms with Crippen LogP contribution in [0, 0.1) is 11.8 Å². The topological polar surface area (TPSA) is 15.3 Å². The van der Waals surface area contributed by atoms with Crippen LogP contribution in [-0.2, 0) is 0 Å². The number of hydrogen-bond donors (Lipinski definition) is 1. The van der Waals surface area contributed by atoms with Gasteiger partial charge in [0.25, 0.3) is 0 Å². The van der Waals surface area contributed by atoms with Crippen LogP contribution in [0.3, 0.4) is 0 Å². The molecule has 1 rings (SSSR count). The molecule has 0 amide bonds. The van der Waals surface area contributed by atoms with Crippen LogP contribution < -0.4 is 5.32 Å². The summed E-state index contributed by atoms with van der Waals surface area (Å²) in [6.07, 6.45) is 5.30. The molecule has 0 aromatic carbocycles. The van der Waals surface area contributed by atoms with Crippen molar-refractivity contribution < 1.29 is 0 Å². The fourth-order valence-corrected chi connectivity index (χ4v) is 3.41.